The molecule has 0 aromatic heterocycles. The van der Waals surface area contributed by atoms with Gasteiger partial charge in [-0.25, -0.2) is 0 Å². The van der Waals surface area contributed by atoms with Gasteiger partial charge < -0.3 is 8.85 Å². The van der Waals surface area contributed by atoms with E-state index in [9.17, 15) is 0 Å². The summed E-state index contributed by atoms with van der Waals surface area (Å²) < 4.78 is 11.4. The van der Waals surface area contributed by atoms with Crippen LogP contribution in [0.5, 0.6) is 0 Å². The molecule has 0 fully saturated rings. The van der Waals surface area contributed by atoms with Crippen LogP contribution < -0.4 is 0 Å². The van der Waals surface area contributed by atoms with E-state index in [1.807, 2.05) is 0 Å². The molecule has 0 amide bonds. The molecular weight excluding hydrogens is 300 g/mol. The van der Waals surface area contributed by atoms with E-state index in [0.29, 0.717) is 0 Å². The highest BCUT2D eigenvalue weighted by molar-refractivity contribution is 6.44. The van der Waals surface area contributed by atoms with Crippen molar-refractivity contribution in [2.24, 2.45) is 0 Å². The van der Waals surface area contributed by atoms with E-state index in [1.165, 1.54) is 95.9 Å². The predicted molar refractivity (Wildman–Crippen MR) is 106 cm³/mol. The highest BCUT2D eigenvalue weighted by Crippen LogP contribution is 2.14. The Hall–Kier alpha value is 0.137. The average Bonchev–Trinajstić information content (AvgIpc) is 2.55. The van der Waals surface area contributed by atoms with Gasteiger partial charge in [-0.2, -0.15) is 0 Å². The van der Waals surface area contributed by atoms with Crippen molar-refractivity contribution >= 4 is 9.28 Å². The van der Waals surface area contributed by atoms with Crippen LogP contribution in [0.3, 0.4) is 0 Å². The molecule has 0 radical (unpaired) electrons. The third-order valence-electron chi connectivity index (χ3n) is 4.50. The Bertz CT molecular complexity index is 206. The molecule has 0 N–H and O–H groups in total. The van der Waals surface area contributed by atoms with E-state index in [1.54, 1.807) is 0 Å². The Kier molecular flexibility index (Phi) is 20.3. The van der Waals surface area contributed by atoms with Crippen molar-refractivity contribution in [1.82, 2.24) is 0 Å². The summed E-state index contributed by atoms with van der Waals surface area (Å²) in [6, 6.07) is 1.19. The second-order valence-corrected chi connectivity index (χ2v) is 8.83. The van der Waals surface area contributed by atoms with Crippen molar-refractivity contribution in [3.63, 3.8) is 0 Å². The fourth-order valence-corrected chi connectivity index (χ4v) is 4.89. The van der Waals surface area contributed by atoms with Gasteiger partial charge in [-0.15, -0.1) is 0 Å². The van der Waals surface area contributed by atoms with Crippen LogP contribution in [0, 0.1) is 0 Å². The number of hydrogen-bond donors (Lipinski definition) is 0. The molecule has 0 aliphatic rings. The molecule has 2 nitrogen and oxygen atoms in total. The molecule has 0 heterocycles. The van der Waals surface area contributed by atoms with E-state index >= 15 is 0 Å². The third kappa shape index (κ3) is 18.3. The van der Waals surface area contributed by atoms with E-state index < -0.39 is 9.28 Å². The minimum Gasteiger partial charge on any atom is -0.397 e. The maximum absolute atomic E-state index is 5.71. The molecule has 23 heavy (non-hydrogen) atoms. The maximum atomic E-state index is 5.71. The number of rotatable bonds is 19. The highest BCUT2D eigenvalue weighted by Gasteiger charge is 2.10. The molecule has 3 heteroatoms. The quantitative estimate of drug-likeness (QED) is 0.190. The molecule has 0 saturated carbocycles. The van der Waals surface area contributed by atoms with Gasteiger partial charge >= 0.3 is 9.28 Å². The topological polar surface area (TPSA) is 18.5 Å². The summed E-state index contributed by atoms with van der Waals surface area (Å²) in [5.74, 6) is 0. The second kappa shape index (κ2) is 20.2. The number of unbranched alkanes of at least 4 members (excludes halogenated alkanes) is 13. The van der Waals surface area contributed by atoms with Crippen LogP contribution in [-0.2, 0) is 8.85 Å². The maximum Gasteiger partial charge on any atom is 0.321 e. The Labute approximate surface area is 148 Å². The van der Waals surface area contributed by atoms with E-state index in [4.69, 9.17) is 8.85 Å². The largest absolute Gasteiger partial charge is 0.397 e. The molecular formula is C20H44O2Si. The van der Waals surface area contributed by atoms with Crippen LogP contribution in [0.15, 0.2) is 0 Å². The summed E-state index contributed by atoms with van der Waals surface area (Å²) in [7, 11) is -1.32. The Morgan fingerprint density at radius 1 is 0.478 bits per heavy atom. The first-order chi connectivity index (χ1) is 11.3. The molecule has 0 bridgehead atoms. The van der Waals surface area contributed by atoms with Crippen LogP contribution in [0.1, 0.15) is 111 Å². The fourth-order valence-electron chi connectivity index (χ4n) is 3.09. The predicted octanol–water partition coefficient (Wildman–Crippen LogP) is 6.76. The van der Waals surface area contributed by atoms with Crippen LogP contribution in [0.25, 0.3) is 0 Å². The molecule has 0 aliphatic heterocycles. The summed E-state index contributed by atoms with van der Waals surface area (Å²) in [6.45, 7) is 8.07. The van der Waals surface area contributed by atoms with Gasteiger partial charge in [-0.1, -0.05) is 96.8 Å². The first-order valence-electron chi connectivity index (χ1n) is 10.6. The first kappa shape index (κ1) is 23.1. The van der Waals surface area contributed by atoms with Crippen LogP contribution in [0.2, 0.25) is 6.04 Å². The van der Waals surface area contributed by atoms with Gasteiger partial charge in [0.2, 0.25) is 0 Å². The lowest BCUT2D eigenvalue weighted by Crippen LogP contribution is -2.22. The lowest BCUT2D eigenvalue weighted by Gasteiger charge is -2.14. The van der Waals surface area contributed by atoms with Gasteiger partial charge in [-0.3, -0.25) is 0 Å². The molecule has 0 atom stereocenters. The van der Waals surface area contributed by atoms with Crippen molar-refractivity contribution in [2.75, 3.05) is 13.2 Å². The van der Waals surface area contributed by atoms with Crippen molar-refractivity contribution in [3.05, 3.63) is 0 Å². The lowest BCUT2D eigenvalue weighted by atomic mass is 10.0. The zero-order valence-corrected chi connectivity index (χ0v) is 17.6. The molecule has 0 saturated heterocycles. The monoisotopic (exact) mass is 344 g/mol. The van der Waals surface area contributed by atoms with E-state index in [0.717, 1.165) is 13.2 Å². The average molecular weight is 345 g/mol. The summed E-state index contributed by atoms with van der Waals surface area (Å²) in [6.07, 6.45) is 19.9. The minimum atomic E-state index is -1.32. The molecule has 0 aromatic rings. The van der Waals surface area contributed by atoms with Gasteiger partial charge in [0, 0.05) is 13.2 Å². The fraction of sp³-hybridized carbons (Fsp3) is 1.00. The molecule has 0 spiro atoms. The van der Waals surface area contributed by atoms with Crippen molar-refractivity contribution in [1.29, 1.82) is 0 Å². The lowest BCUT2D eigenvalue weighted by molar-refractivity contribution is 0.212. The normalized spacial score (nSPS) is 11.5. The van der Waals surface area contributed by atoms with Crippen LogP contribution in [0.4, 0.5) is 0 Å². The Morgan fingerprint density at radius 3 is 1.17 bits per heavy atom. The standard InChI is InChI=1S/C20H44O2Si/c1-4-7-8-9-10-11-12-13-14-15-16-17-18-19-20-23(21-5-2)22-6-3/h23H,4-20H2,1-3H3. The Morgan fingerprint density at radius 2 is 0.826 bits per heavy atom. The smallest absolute Gasteiger partial charge is 0.321 e. The van der Waals surface area contributed by atoms with E-state index in [-0.39, 0.29) is 0 Å². The third-order valence-corrected chi connectivity index (χ3v) is 6.79. The number of hydrogen-bond acceptors (Lipinski definition) is 2. The molecule has 0 unspecified atom stereocenters. The highest BCUT2D eigenvalue weighted by atomic mass is 28.3. The van der Waals surface area contributed by atoms with Gasteiger partial charge in [0.25, 0.3) is 0 Å². The van der Waals surface area contributed by atoms with Crippen LogP contribution in [-0.4, -0.2) is 22.5 Å². The van der Waals surface area contributed by atoms with E-state index in [2.05, 4.69) is 20.8 Å². The second-order valence-electron chi connectivity index (χ2n) is 6.73. The SMILES string of the molecule is CCCCCCCCCCCCCCCC[SiH](OCC)OCC. The first-order valence-corrected chi connectivity index (χ1v) is 12.3. The molecule has 0 aromatic carbocycles. The van der Waals surface area contributed by atoms with Crippen LogP contribution >= 0.6 is 0 Å². The zero-order valence-electron chi connectivity index (χ0n) is 16.4. The summed E-state index contributed by atoms with van der Waals surface area (Å²) >= 11 is 0. The van der Waals surface area contributed by atoms with Gasteiger partial charge in [0.05, 0.1) is 0 Å². The molecule has 140 valence electrons. The zero-order chi connectivity index (χ0) is 17.0. The summed E-state index contributed by atoms with van der Waals surface area (Å²) in [4.78, 5) is 0. The minimum absolute atomic E-state index is 0.815. The molecule has 0 rings (SSSR count). The van der Waals surface area contributed by atoms with Gasteiger partial charge in [-0.05, 0) is 19.9 Å². The Balaban J connectivity index is 3.15. The summed E-state index contributed by atoms with van der Waals surface area (Å²) in [5.41, 5.74) is 0. The van der Waals surface area contributed by atoms with Gasteiger partial charge in [0.1, 0.15) is 0 Å². The van der Waals surface area contributed by atoms with Crippen molar-refractivity contribution in [2.45, 2.75) is 117 Å². The summed E-state index contributed by atoms with van der Waals surface area (Å²) in [5, 5.41) is 0. The van der Waals surface area contributed by atoms with Crippen molar-refractivity contribution < 1.29 is 8.85 Å². The molecule has 0 aliphatic carbocycles. The van der Waals surface area contributed by atoms with Gasteiger partial charge in [0.15, 0.2) is 0 Å². The van der Waals surface area contributed by atoms with Crippen molar-refractivity contribution in [3.8, 4) is 0 Å².